The molecule has 0 spiro atoms. The first-order valence-corrected chi connectivity index (χ1v) is 8.92. The Kier molecular flexibility index (Phi) is 6.94. The SMILES string of the molecule is COc1ccc(CN(C)C(=O)CSCc2c(F)cccc2Cl)cc1. The number of ether oxygens (including phenoxy) is 1. The Hall–Kier alpha value is -1.72. The summed E-state index contributed by atoms with van der Waals surface area (Å²) in [5, 5.41) is 0.390. The highest BCUT2D eigenvalue weighted by molar-refractivity contribution is 7.99. The van der Waals surface area contributed by atoms with Gasteiger partial charge in [-0.15, -0.1) is 11.8 Å². The number of nitrogens with zero attached hydrogens (tertiary/aromatic N) is 1. The molecule has 0 aliphatic rings. The molecule has 0 unspecified atom stereocenters. The molecule has 1 amide bonds. The lowest BCUT2D eigenvalue weighted by molar-refractivity contribution is -0.127. The van der Waals surface area contributed by atoms with Gasteiger partial charge < -0.3 is 9.64 Å². The third-order valence-corrected chi connectivity index (χ3v) is 4.84. The average molecular weight is 368 g/mol. The van der Waals surface area contributed by atoms with Crippen molar-refractivity contribution in [3.63, 3.8) is 0 Å². The van der Waals surface area contributed by atoms with Crippen LogP contribution >= 0.6 is 23.4 Å². The molecule has 24 heavy (non-hydrogen) atoms. The van der Waals surface area contributed by atoms with E-state index in [0.29, 0.717) is 22.9 Å². The number of benzene rings is 2. The van der Waals surface area contributed by atoms with E-state index in [4.69, 9.17) is 16.3 Å². The van der Waals surface area contributed by atoms with E-state index < -0.39 is 0 Å². The van der Waals surface area contributed by atoms with Gasteiger partial charge in [0.25, 0.3) is 0 Å². The highest BCUT2D eigenvalue weighted by Gasteiger charge is 2.12. The van der Waals surface area contributed by atoms with Crippen LogP contribution < -0.4 is 4.74 Å². The summed E-state index contributed by atoms with van der Waals surface area (Å²) in [5.41, 5.74) is 1.46. The lowest BCUT2D eigenvalue weighted by Gasteiger charge is -2.17. The average Bonchev–Trinajstić information content (AvgIpc) is 2.58. The van der Waals surface area contributed by atoms with E-state index in [1.165, 1.54) is 17.8 Å². The molecule has 0 bridgehead atoms. The molecular weight excluding hydrogens is 349 g/mol. The van der Waals surface area contributed by atoms with Crippen molar-refractivity contribution in [2.24, 2.45) is 0 Å². The summed E-state index contributed by atoms with van der Waals surface area (Å²) < 4.78 is 18.8. The summed E-state index contributed by atoms with van der Waals surface area (Å²) in [7, 11) is 3.37. The predicted molar refractivity (Wildman–Crippen MR) is 97.0 cm³/mol. The van der Waals surface area contributed by atoms with E-state index >= 15 is 0 Å². The molecule has 6 heteroatoms. The zero-order valence-electron chi connectivity index (χ0n) is 13.6. The molecule has 2 rings (SSSR count). The van der Waals surface area contributed by atoms with Crippen molar-refractivity contribution >= 4 is 29.3 Å². The van der Waals surface area contributed by atoms with Crippen molar-refractivity contribution in [3.05, 3.63) is 64.4 Å². The van der Waals surface area contributed by atoms with Crippen LogP contribution in [-0.2, 0) is 17.1 Å². The first-order chi connectivity index (χ1) is 11.5. The molecule has 0 saturated carbocycles. The molecule has 0 aliphatic heterocycles. The van der Waals surface area contributed by atoms with Crippen LogP contribution in [0.1, 0.15) is 11.1 Å². The second kappa shape index (κ2) is 8.94. The fraction of sp³-hybridized carbons (Fsp3) is 0.278. The van der Waals surface area contributed by atoms with Gasteiger partial charge in [-0.1, -0.05) is 29.8 Å². The van der Waals surface area contributed by atoms with Crippen molar-refractivity contribution in [1.82, 2.24) is 4.90 Å². The highest BCUT2D eigenvalue weighted by Crippen LogP contribution is 2.24. The van der Waals surface area contributed by atoms with Crippen LogP contribution in [0.25, 0.3) is 0 Å². The van der Waals surface area contributed by atoms with Crippen molar-refractivity contribution < 1.29 is 13.9 Å². The van der Waals surface area contributed by atoms with Crippen LogP contribution in [0.4, 0.5) is 4.39 Å². The van der Waals surface area contributed by atoms with E-state index in [-0.39, 0.29) is 17.5 Å². The molecular formula is C18H19ClFNO2S. The van der Waals surface area contributed by atoms with Crippen molar-refractivity contribution in [1.29, 1.82) is 0 Å². The van der Waals surface area contributed by atoms with Crippen LogP contribution in [0.15, 0.2) is 42.5 Å². The van der Waals surface area contributed by atoms with Crippen LogP contribution in [0.2, 0.25) is 5.02 Å². The summed E-state index contributed by atoms with van der Waals surface area (Å²) in [6.45, 7) is 0.518. The normalized spacial score (nSPS) is 10.5. The summed E-state index contributed by atoms with van der Waals surface area (Å²) in [6, 6.07) is 12.2. The summed E-state index contributed by atoms with van der Waals surface area (Å²) in [4.78, 5) is 13.8. The third-order valence-electron chi connectivity index (χ3n) is 3.54. The zero-order valence-corrected chi connectivity index (χ0v) is 15.2. The number of carbonyl (C=O) groups is 1. The number of thioether (sulfide) groups is 1. The van der Waals surface area contributed by atoms with E-state index in [0.717, 1.165) is 11.3 Å². The number of hydrogen-bond donors (Lipinski definition) is 0. The second-order valence-corrected chi connectivity index (χ2v) is 6.68. The minimum atomic E-state index is -0.339. The van der Waals surface area contributed by atoms with E-state index in [2.05, 4.69) is 0 Å². The lowest BCUT2D eigenvalue weighted by atomic mass is 10.2. The number of carbonyl (C=O) groups excluding carboxylic acids is 1. The summed E-state index contributed by atoms with van der Waals surface area (Å²) >= 11 is 7.33. The third kappa shape index (κ3) is 5.14. The molecule has 2 aromatic carbocycles. The van der Waals surface area contributed by atoms with Gasteiger partial charge in [-0.2, -0.15) is 0 Å². The number of hydrogen-bond acceptors (Lipinski definition) is 3. The first-order valence-electron chi connectivity index (χ1n) is 7.38. The maximum Gasteiger partial charge on any atom is 0.232 e. The zero-order chi connectivity index (χ0) is 17.5. The molecule has 0 aromatic heterocycles. The largest absolute Gasteiger partial charge is 0.497 e. The van der Waals surface area contributed by atoms with Crippen LogP contribution in [-0.4, -0.2) is 30.7 Å². The molecule has 0 fully saturated rings. The fourth-order valence-corrected chi connectivity index (χ4v) is 3.42. The topological polar surface area (TPSA) is 29.5 Å². The number of amides is 1. The monoisotopic (exact) mass is 367 g/mol. The number of halogens is 2. The van der Waals surface area contributed by atoms with Crippen molar-refractivity contribution in [3.8, 4) is 5.75 Å². The van der Waals surface area contributed by atoms with Crippen LogP contribution in [0, 0.1) is 5.82 Å². The molecule has 0 N–H and O–H groups in total. The van der Waals surface area contributed by atoms with Gasteiger partial charge in [-0.25, -0.2) is 4.39 Å². The minimum absolute atomic E-state index is 0.0109. The predicted octanol–water partition coefficient (Wildman–Crippen LogP) is 4.38. The fourth-order valence-electron chi connectivity index (χ4n) is 2.11. The number of rotatable bonds is 7. The Morgan fingerprint density at radius 2 is 1.96 bits per heavy atom. The minimum Gasteiger partial charge on any atom is -0.497 e. The van der Waals surface area contributed by atoms with Gasteiger partial charge in [-0.3, -0.25) is 4.79 Å². The van der Waals surface area contributed by atoms with Crippen molar-refractivity contribution in [2.75, 3.05) is 19.9 Å². The molecule has 0 aliphatic carbocycles. The van der Waals surface area contributed by atoms with Crippen LogP contribution in [0.3, 0.4) is 0 Å². The quantitative estimate of drug-likeness (QED) is 0.727. The van der Waals surface area contributed by atoms with Crippen LogP contribution in [0.5, 0.6) is 5.75 Å². The Labute approximate surface area is 150 Å². The first kappa shape index (κ1) is 18.6. The molecule has 3 nitrogen and oxygen atoms in total. The Bertz CT molecular complexity index is 674. The second-order valence-electron chi connectivity index (χ2n) is 5.29. The molecule has 128 valence electrons. The molecule has 2 aromatic rings. The molecule has 0 heterocycles. The Balaban J connectivity index is 1.83. The van der Waals surface area contributed by atoms with E-state index in [1.807, 2.05) is 24.3 Å². The maximum atomic E-state index is 13.7. The smallest absolute Gasteiger partial charge is 0.232 e. The maximum absolute atomic E-state index is 13.7. The van der Waals surface area contributed by atoms with Gasteiger partial charge in [0, 0.05) is 29.9 Å². The molecule has 0 saturated heterocycles. The highest BCUT2D eigenvalue weighted by atomic mass is 35.5. The standard InChI is InChI=1S/C18H19ClFNO2S/c1-21(10-13-6-8-14(23-2)9-7-13)18(22)12-24-11-15-16(19)4-3-5-17(15)20/h3-9H,10-12H2,1-2H3. The van der Waals surface area contributed by atoms with Crippen molar-refractivity contribution in [2.45, 2.75) is 12.3 Å². The van der Waals surface area contributed by atoms with E-state index in [1.54, 1.807) is 31.2 Å². The Morgan fingerprint density at radius 3 is 2.58 bits per heavy atom. The Morgan fingerprint density at radius 1 is 1.25 bits per heavy atom. The van der Waals surface area contributed by atoms with Gasteiger partial charge in [0.05, 0.1) is 12.9 Å². The van der Waals surface area contributed by atoms with Gasteiger partial charge in [0.2, 0.25) is 5.91 Å². The van der Waals surface area contributed by atoms with Gasteiger partial charge in [0.1, 0.15) is 11.6 Å². The molecule has 0 atom stereocenters. The van der Waals surface area contributed by atoms with Gasteiger partial charge in [-0.05, 0) is 29.8 Å². The molecule has 0 radical (unpaired) electrons. The lowest BCUT2D eigenvalue weighted by Crippen LogP contribution is -2.27. The summed E-state index contributed by atoms with van der Waals surface area (Å²) in [5.74, 6) is 1.08. The summed E-state index contributed by atoms with van der Waals surface area (Å²) in [6.07, 6.45) is 0. The van der Waals surface area contributed by atoms with Gasteiger partial charge >= 0.3 is 0 Å². The van der Waals surface area contributed by atoms with Gasteiger partial charge in [0.15, 0.2) is 0 Å². The van der Waals surface area contributed by atoms with E-state index in [9.17, 15) is 9.18 Å². The number of methoxy groups -OCH3 is 1.